The van der Waals surface area contributed by atoms with Crippen LogP contribution in [0.3, 0.4) is 0 Å². The minimum Gasteiger partial charge on any atom is -0.491 e. The molecule has 36 heavy (non-hydrogen) atoms. The number of fused-ring (bicyclic) bond motifs is 3. The lowest BCUT2D eigenvalue weighted by Gasteiger charge is -2.35. The molecule has 0 saturated carbocycles. The van der Waals surface area contributed by atoms with Crippen LogP contribution in [0, 0.1) is 23.3 Å². The van der Waals surface area contributed by atoms with E-state index in [0.29, 0.717) is 0 Å². The lowest BCUT2D eigenvalue weighted by molar-refractivity contribution is -0.228. The third kappa shape index (κ3) is 3.81. The fourth-order valence-electron chi connectivity index (χ4n) is 3.97. The second-order valence-electron chi connectivity index (χ2n) is 7.75. The molecule has 0 saturated heterocycles. The van der Waals surface area contributed by atoms with Crippen LogP contribution in [0.1, 0.15) is 30.5 Å². The molecule has 3 aromatic rings. The molecule has 1 aliphatic carbocycles. The summed E-state index contributed by atoms with van der Waals surface area (Å²) < 4.78 is 133. The second kappa shape index (κ2) is 9.18. The highest BCUT2D eigenvalue weighted by atomic mass is 19.3. The van der Waals surface area contributed by atoms with Crippen molar-refractivity contribution in [3.63, 3.8) is 0 Å². The van der Waals surface area contributed by atoms with E-state index in [1.54, 1.807) is 6.92 Å². The minimum absolute atomic E-state index is 0.0609. The van der Waals surface area contributed by atoms with E-state index in [0.717, 1.165) is 36.4 Å². The highest BCUT2D eigenvalue weighted by Gasteiger charge is 2.65. The van der Waals surface area contributed by atoms with E-state index in [9.17, 15) is 22.0 Å². The average Bonchev–Trinajstić information content (AvgIpc) is 2.82. The zero-order chi connectivity index (χ0) is 26.4. The molecule has 1 aliphatic rings. The smallest absolute Gasteiger partial charge is 0.343 e. The molecule has 0 bridgehead atoms. The van der Waals surface area contributed by atoms with Crippen molar-refractivity contribution in [2.75, 3.05) is 13.2 Å². The summed E-state index contributed by atoms with van der Waals surface area (Å²) >= 11 is 0. The summed E-state index contributed by atoms with van der Waals surface area (Å²) in [6.45, 7) is 2.15. The first-order valence-corrected chi connectivity index (χ1v) is 10.7. The van der Waals surface area contributed by atoms with Crippen LogP contribution < -0.4 is 14.2 Å². The van der Waals surface area contributed by atoms with Crippen LogP contribution in [-0.2, 0) is 18.5 Å². The first kappa shape index (κ1) is 25.6. The van der Waals surface area contributed by atoms with Gasteiger partial charge in [-0.1, -0.05) is 0 Å². The highest BCUT2D eigenvalue weighted by Crippen LogP contribution is 2.60. The van der Waals surface area contributed by atoms with E-state index in [2.05, 4.69) is 0 Å². The van der Waals surface area contributed by atoms with Crippen molar-refractivity contribution in [1.29, 1.82) is 0 Å². The molecule has 4 rings (SSSR count). The molecule has 0 N–H and O–H groups in total. The summed E-state index contributed by atoms with van der Waals surface area (Å²) in [5.74, 6) is -18.5. The van der Waals surface area contributed by atoms with Gasteiger partial charge in [0.2, 0.25) is 5.82 Å². The summed E-state index contributed by atoms with van der Waals surface area (Å²) in [4.78, 5) is 0. The zero-order valence-corrected chi connectivity index (χ0v) is 18.8. The standard InChI is InChI=1S/C25H18F8O3/c1-3-34-15-9-6-13-14-7-10-16(36-11-12-5-8-17(35-4-2)23(29)20(12)26)22(28)19(14)25(32,33)24(30,31)18(13)21(15)27/h5-10H,3-4,11H2,1-2H3. The lowest BCUT2D eigenvalue weighted by Crippen LogP contribution is -2.41. The Balaban J connectivity index is 1.77. The van der Waals surface area contributed by atoms with Crippen LogP contribution in [0.5, 0.6) is 17.2 Å². The van der Waals surface area contributed by atoms with Crippen molar-refractivity contribution in [3.8, 4) is 28.4 Å². The van der Waals surface area contributed by atoms with E-state index < -0.39 is 81.0 Å². The van der Waals surface area contributed by atoms with E-state index in [-0.39, 0.29) is 19.0 Å². The van der Waals surface area contributed by atoms with Crippen LogP contribution in [0.25, 0.3) is 11.1 Å². The molecule has 0 atom stereocenters. The SMILES string of the molecule is CCOc1ccc(COc2ccc3c(c2F)C(F)(F)C(F)(F)c2c-3ccc(OCC)c2F)c(F)c1F. The van der Waals surface area contributed by atoms with Gasteiger partial charge in [-0.15, -0.1) is 0 Å². The van der Waals surface area contributed by atoms with Gasteiger partial charge in [-0.2, -0.15) is 22.0 Å². The molecule has 11 heteroatoms. The molecule has 0 spiro atoms. The van der Waals surface area contributed by atoms with Crippen LogP contribution >= 0.6 is 0 Å². The number of hydrogen-bond donors (Lipinski definition) is 0. The summed E-state index contributed by atoms with van der Waals surface area (Å²) in [7, 11) is 0. The molecule has 192 valence electrons. The topological polar surface area (TPSA) is 27.7 Å². The Hall–Kier alpha value is -3.50. The molecule has 3 aromatic carbocycles. The molecule has 0 radical (unpaired) electrons. The molecule has 0 aromatic heterocycles. The zero-order valence-electron chi connectivity index (χ0n) is 18.8. The molecule has 0 heterocycles. The fourth-order valence-corrected chi connectivity index (χ4v) is 3.97. The van der Waals surface area contributed by atoms with Gasteiger partial charge in [-0.3, -0.25) is 0 Å². The number of rotatable bonds is 7. The largest absolute Gasteiger partial charge is 0.491 e. The highest BCUT2D eigenvalue weighted by molar-refractivity contribution is 5.78. The van der Waals surface area contributed by atoms with Gasteiger partial charge < -0.3 is 14.2 Å². The van der Waals surface area contributed by atoms with E-state index in [4.69, 9.17) is 14.2 Å². The van der Waals surface area contributed by atoms with Gasteiger partial charge in [-0.25, -0.2) is 13.2 Å². The quantitative estimate of drug-likeness (QED) is 0.304. The summed E-state index contributed by atoms with van der Waals surface area (Å²) in [5, 5.41) is 0. The molecule has 0 fully saturated rings. The van der Waals surface area contributed by atoms with Gasteiger partial charge in [0.25, 0.3) is 0 Å². The Labute approximate surface area is 200 Å². The third-order valence-corrected chi connectivity index (χ3v) is 5.64. The Morgan fingerprint density at radius 2 is 0.972 bits per heavy atom. The number of benzene rings is 3. The second-order valence-corrected chi connectivity index (χ2v) is 7.75. The van der Waals surface area contributed by atoms with Crippen molar-refractivity contribution in [2.24, 2.45) is 0 Å². The molecular weight excluding hydrogens is 500 g/mol. The van der Waals surface area contributed by atoms with Gasteiger partial charge in [0.15, 0.2) is 34.7 Å². The van der Waals surface area contributed by atoms with E-state index in [1.165, 1.54) is 6.92 Å². The first-order valence-electron chi connectivity index (χ1n) is 10.7. The van der Waals surface area contributed by atoms with Gasteiger partial charge in [0.1, 0.15) is 6.61 Å². The molecule has 0 unspecified atom stereocenters. The normalized spacial score (nSPS) is 15.2. The molecule has 0 amide bonds. The van der Waals surface area contributed by atoms with Gasteiger partial charge in [-0.05, 0) is 61.4 Å². The lowest BCUT2D eigenvalue weighted by atomic mass is 9.79. The van der Waals surface area contributed by atoms with Gasteiger partial charge >= 0.3 is 11.8 Å². The molecule has 3 nitrogen and oxygen atoms in total. The molecule has 0 aliphatic heterocycles. The molecular formula is C25H18F8O3. The summed E-state index contributed by atoms with van der Waals surface area (Å²) in [6.07, 6.45) is 0. The van der Waals surface area contributed by atoms with Gasteiger partial charge in [0, 0.05) is 5.56 Å². The van der Waals surface area contributed by atoms with Crippen LogP contribution in [0.2, 0.25) is 0 Å². The Bertz CT molecular complexity index is 1320. The maximum absolute atomic E-state index is 15.2. The minimum atomic E-state index is -5.18. The number of ether oxygens (including phenoxy) is 3. The van der Waals surface area contributed by atoms with Crippen LogP contribution in [-0.4, -0.2) is 13.2 Å². The summed E-state index contributed by atoms with van der Waals surface area (Å²) in [5.41, 5.74) is -5.05. The van der Waals surface area contributed by atoms with Crippen molar-refractivity contribution in [3.05, 3.63) is 76.4 Å². The Morgan fingerprint density at radius 3 is 1.44 bits per heavy atom. The first-order chi connectivity index (χ1) is 17.0. The maximum Gasteiger partial charge on any atom is 0.343 e. The predicted molar refractivity (Wildman–Crippen MR) is 113 cm³/mol. The van der Waals surface area contributed by atoms with Crippen molar-refractivity contribution >= 4 is 0 Å². The van der Waals surface area contributed by atoms with E-state index in [1.807, 2.05) is 0 Å². The van der Waals surface area contributed by atoms with Crippen LogP contribution in [0.15, 0.2) is 36.4 Å². The fraction of sp³-hybridized carbons (Fsp3) is 0.280. The number of hydrogen-bond acceptors (Lipinski definition) is 3. The van der Waals surface area contributed by atoms with Crippen molar-refractivity contribution < 1.29 is 49.3 Å². The van der Waals surface area contributed by atoms with Crippen molar-refractivity contribution in [1.82, 2.24) is 0 Å². The summed E-state index contributed by atoms with van der Waals surface area (Å²) in [6, 6.07) is 5.81. The number of halogens is 8. The average molecular weight is 518 g/mol. The van der Waals surface area contributed by atoms with Crippen molar-refractivity contribution in [2.45, 2.75) is 32.3 Å². The monoisotopic (exact) mass is 518 g/mol. The van der Waals surface area contributed by atoms with Crippen LogP contribution in [0.4, 0.5) is 35.1 Å². The third-order valence-electron chi connectivity index (χ3n) is 5.64. The van der Waals surface area contributed by atoms with Gasteiger partial charge in [0.05, 0.1) is 24.3 Å². The number of alkyl halides is 4. The van der Waals surface area contributed by atoms with E-state index >= 15 is 13.2 Å². The predicted octanol–water partition coefficient (Wildman–Crippen LogP) is 7.48. The maximum atomic E-state index is 15.2. The Kier molecular flexibility index (Phi) is 6.52. The Morgan fingerprint density at radius 1 is 0.556 bits per heavy atom.